The predicted molar refractivity (Wildman–Crippen MR) is 95.1 cm³/mol. The summed E-state index contributed by atoms with van der Waals surface area (Å²) in [6.07, 6.45) is 1.13. The molecule has 2 heterocycles. The zero-order chi connectivity index (χ0) is 20.6. The number of carbonyl (C=O) groups is 1. The number of ether oxygens (including phenoxy) is 1. The largest absolute Gasteiger partial charge is 0.444 e. The Morgan fingerprint density at radius 3 is 2.39 bits per heavy atom. The van der Waals surface area contributed by atoms with Gasteiger partial charge in [-0.1, -0.05) is 0 Å². The van der Waals surface area contributed by atoms with Gasteiger partial charge in [-0.2, -0.15) is 5.01 Å². The van der Waals surface area contributed by atoms with Crippen LogP contribution in [0.15, 0.2) is 35.6 Å². The summed E-state index contributed by atoms with van der Waals surface area (Å²) in [6, 6.07) is 5.53. The van der Waals surface area contributed by atoms with Crippen LogP contribution in [0, 0.1) is 27.2 Å². The second-order valence-electron chi connectivity index (χ2n) is 6.22. The van der Waals surface area contributed by atoms with Crippen LogP contribution in [-0.2, 0) is 21.8 Å². The van der Waals surface area contributed by atoms with Crippen molar-refractivity contribution in [1.82, 2.24) is 14.6 Å². The van der Waals surface area contributed by atoms with Crippen LogP contribution in [0.1, 0.15) is 25.2 Å². The van der Waals surface area contributed by atoms with Gasteiger partial charge in [-0.3, -0.25) is 14.9 Å². The van der Waals surface area contributed by atoms with Crippen molar-refractivity contribution in [2.24, 2.45) is 5.10 Å². The van der Waals surface area contributed by atoms with Gasteiger partial charge < -0.3 is 14.9 Å². The lowest BCUT2D eigenvalue weighted by atomic mass is 10.0. The monoisotopic (exact) mass is 388 g/mol. The van der Waals surface area contributed by atoms with Crippen molar-refractivity contribution in [3.8, 4) is 0 Å². The van der Waals surface area contributed by atoms with Gasteiger partial charge in [0.05, 0.1) is 4.92 Å². The first-order chi connectivity index (χ1) is 13.1. The number of benzene rings is 1. The van der Waals surface area contributed by atoms with Crippen LogP contribution in [0.5, 0.6) is 0 Å². The van der Waals surface area contributed by atoms with E-state index in [9.17, 15) is 25.0 Å². The molecule has 1 aliphatic heterocycles. The molecule has 1 aromatic heterocycles. The molecule has 12 heteroatoms. The van der Waals surface area contributed by atoms with Crippen LogP contribution >= 0.6 is 0 Å². The lowest BCUT2D eigenvalue weighted by Crippen LogP contribution is -2.41. The maximum atomic E-state index is 12.1. The molecule has 28 heavy (non-hydrogen) atoms. The minimum Gasteiger partial charge on any atom is -0.444 e. The number of carbonyl (C=O) groups excluding carboxylic acids is 1. The number of aryl methyl sites for hydroxylation is 1. The standard InChI is InChI=1S/C16H16N6O6/c1-10-17-8-15(22(26)27)19(10)9-14-18-20(11(2)23)16(3,28-14)12-4-6-13(7-5-12)21(24)25/h4-8H,9H2,1-3H3. The number of hydrogen-bond acceptors (Lipinski definition) is 8. The molecule has 1 atom stereocenters. The van der Waals surface area contributed by atoms with Gasteiger partial charge in [0.1, 0.15) is 6.20 Å². The van der Waals surface area contributed by atoms with E-state index in [1.54, 1.807) is 13.8 Å². The maximum Gasteiger partial charge on any atom is 0.343 e. The molecule has 0 bridgehead atoms. The van der Waals surface area contributed by atoms with E-state index in [4.69, 9.17) is 4.74 Å². The van der Waals surface area contributed by atoms with E-state index in [0.717, 1.165) is 11.2 Å². The maximum absolute atomic E-state index is 12.1. The van der Waals surface area contributed by atoms with Crippen molar-refractivity contribution in [1.29, 1.82) is 0 Å². The SMILES string of the molecule is CC(=O)N1N=C(Cn2c([N+](=O)[O-])cnc2C)OC1(C)c1ccc([N+](=O)[O-])cc1. The van der Waals surface area contributed by atoms with Gasteiger partial charge in [0, 0.05) is 38.5 Å². The molecule has 3 rings (SSSR count). The average molecular weight is 388 g/mol. The fraction of sp³-hybridized carbons (Fsp3) is 0.312. The van der Waals surface area contributed by atoms with E-state index in [2.05, 4.69) is 10.1 Å². The Morgan fingerprint density at radius 1 is 1.21 bits per heavy atom. The van der Waals surface area contributed by atoms with Crippen LogP contribution in [0.2, 0.25) is 0 Å². The highest BCUT2D eigenvalue weighted by atomic mass is 16.6. The van der Waals surface area contributed by atoms with Gasteiger partial charge >= 0.3 is 5.82 Å². The summed E-state index contributed by atoms with van der Waals surface area (Å²) in [5.74, 6) is -0.202. The summed E-state index contributed by atoms with van der Waals surface area (Å²) >= 11 is 0. The van der Waals surface area contributed by atoms with Crippen molar-refractivity contribution in [2.75, 3.05) is 0 Å². The van der Waals surface area contributed by atoms with E-state index < -0.39 is 21.5 Å². The highest BCUT2D eigenvalue weighted by Gasteiger charge is 2.45. The second kappa shape index (κ2) is 6.72. The Labute approximate surface area is 158 Å². The first-order valence-electron chi connectivity index (χ1n) is 8.12. The summed E-state index contributed by atoms with van der Waals surface area (Å²) in [6.45, 7) is 4.38. The molecule has 1 aromatic carbocycles. The van der Waals surface area contributed by atoms with Gasteiger partial charge in [-0.05, 0) is 17.1 Å². The Kier molecular flexibility index (Phi) is 4.55. The number of rotatable bonds is 5. The molecule has 2 aromatic rings. The number of aromatic nitrogens is 2. The molecular formula is C16H16N6O6. The summed E-state index contributed by atoms with van der Waals surface area (Å²) in [7, 11) is 0. The molecule has 1 unspecified atom stereocenters. The smallest absolute Gasteiger partial charge is 0.343 e. The van der Waals surface area contributed by atoms with Crippen LogP contribution < -0.4 is 0 Å². The number of nitrogens with zero attached hydrogens (tertiary/aromatic N) is 6. The molecular weight excluding hydrogens is 372 g/mol. The number of non-ortho nitro benzene ring substituents is 1. The number of hydrogen-bond donors (Lipinski definition) is 0. The summed E-state index contributed by atoms with van der Waals surface area (Å²) < 4.78 is 7.19. The molecule has 0 spiro atoms. The third-order valence-electron chi connectivity index (χ3n) is 4.36. The number of amides is 1. The zero-order valence-corrected chi connectivity index (χ0v) is 15.2. The molecule has 0 radical (unpaired) electrons. The van der Waals surface area contributed by atoms with E-state index in [0.29, 0.717) is 11.4 Å². The number of nitro benzene ring substituents is 1. The number of nitro groups is 2. The lowest BCUT2D eigenvalue weighted by Gasteiger charge is -2.30. The molecule has 0 saturated heterocycles. The molecule has 1 aliphatic rings. The molecule has 0 N–H and O–H groups in total. The number of hydrazone groups is 1. The molecule has 0 aliphatic carbocycles. The minimum absolute atomic E-state index is 0.0697. The topological polar surface area (TPSA) is 146 Å². The fourth-order valence-corrected chi connectivity index (χ4v) is 2.94. The van der Waals surface area contributed by atoms with Gasteiger partial charge in [0.15, 0.2) is 12.4 Å². The Morgan fingerprint density at radius 2 is 1.86 bits per heavy atom. The van der Waals surface area contributed by atoms with Gasteiger partial charge in [0.2, 0.25) is 11.6 Å². The van der Waals surface area contributed by atoms with E-state index in [1.165, 1.54) is 35.8 Å². The highest BCUT2D eigenvalue weighted by Crippen LogP contribution is 2.36. The first-order valence-corrected chi connectivity index (χ1v) is 8.12. The van der Waals surface area contributed by atoms with Gasteiger partial charge in [-0.25, -0.2) is 9.55 Å². The third kappa shape index (κ3) is 3.15. The first kappa shape index (κ1) is 18.9. The summed E-state index contributed by atoms with van der Waals surface area (Å²) in [4.78, 5) is 36.9. The molecule has 0 fully saturated rings. The van der Waals surface area contributed by atoms with E-state index in [-0.39, 0.29) is 23.9 Å². The van der Waals surface area contributed by atoms with Crippen molar-refractivity contribution in [3.05, 3.63) is 62.1 Å². The van der Waals surface area contributed by atoms with E-state index >= 15 is 0 Å². The third-order valence-corrected chi connectivity index (χ3v) is 4.36. The second-order valence-corrected chi connectivity index (χ2v) is 6.22. The minimum atomic E-state index is -1.35. The fourth-order valence-electron chi connectivity index (χ4n) is 2.94. The zero-order valence-electron chi connectivity index (χ0n) is 15.2. The van der Waals surface area contributed by atoms with Crippen molar-refractivity contribution < 1.29 is 19.4 Å². The predicted octanol–water partition coefficient (Wildman–Crippen LogP) is 2.07. The van der Waals surface area contributed by atoms with Crippen LogP contribution in [-0.4, -0.2) is 36.2 Å². The van der Waals surface area contributed by atoms with E-state index in [1.807, 2.05) is 0 Å². The molecule has 1 amide bonds. The molecule has 146 valence electrons. The van der Waals surface area contributed by atoms with Crippen LogP contribution in [0.3, 0.4) is 0 Å². The quantitative estimate of drug-likeness (QED) is 0.563. The normalized spacial score (nSPS) is 18.5. The van der Waals surface area contributed by atoms with Crippen LogP contribution in [0.25, 0.3) is 0 Å². The molecule has 0 saturated carbocycles. The van der Waals surface area contributed by atoms with Gasteiger partial charge in [-0.15, -0.1) is 5.10 Å². The van der Waals surface area contributed by atoms with Crippen molar-refractivity contribution >= 4 is 23.3 Å². The van der Waals surface area contributed by atoms with Crippen molar-refractivity contribution in [2.45, 2.75) is 33.0 Å². The lowest BCUT2D eigenvalue weighted by molar-refractivity contribution is -0.392. The molecule has 12 nitrogen and oxygen atoms in total. The Bertz CT molecular complexity index is 998. The average Bonchev–Trinajstić information content (AvgIpc) is 3.16. The Hall–Kier alpha value is -3.83. The summed E-state index contributed by atoms with van der Waals surface area (Å²) in [5, 5.41) is 27.3. The van der Waals surface area contributed by atoms with Crippen LogP contribution in [0.4, 0.5) is 11.5 Å². The highest BCUT2D eigenvalue weighted by molar-refractivity contribution is 5.83. The van der Waals surface area contributed by atoms with Gasteiger partial charge in [0.25, 0.3) is 11.6 Å². The summed E-state index contributed by atoms with van der Waals surface area (Å²) in [5.41, 5.74) is -0.992. The number of imidazole rings is 1. The Balaban J connectivity index is 1.94. The van der Waals surface area contributed by atoms with Crippen molar-refractivity contribution in [3.63, 3.8) is 0 Å².